The number of nitrogens with zero attached hydrogens (tertiary/aromatic N) is 2. The molecule has 1 aromatic rings. The van der Waals surface area contributed by atoms with Crippen molar-refractivity contribution < 1.29 is 0 Å². The van der Waals surface area contributed by atoms with E-state index in [4.69, 9.17) is 12.2 Å². The highest BCUT2D eigenvalue weighted by molar-refractivity contribution is 7.80. The fraction of sp³-hybridized carbons (Fsp3) is 0.467. The summed E-state index contributed by atoms with van der Waals surface area (Å²) in [6.07, 6.45) is 5.74. The molecular weight excluding hydrogens is 268 g/mol. The van der Waals surface area contributed by atoms with Gasteiger partial charge in [-0.1, -0.05) is 12.1 Å². The van der Waals surface area contributed by atoms with E-state index in [2.05, 4.69) is 45.0 Å². The van der Waals surface area contributed by atoms with E-state index in [1.54, 1.807) is 6.21 Å². The molecule has 0 radical (unpaired) electrons. The van der Waals surface area contributed by atoms with Gasteiger partial charge < -0.3 is 10.2 Å². The average Bonchev–Trinajstić information content (AvgIpc) is 2.49. The van der Waals surface area contributed by atoms with Crippen molar-refractivity contribution in [1.82, 2.24) is 10.7 Å². The molecule has 0 saturated carbocycles. The second-order valence-electron chi connectivity index (χ2n) is 4.87. The Labute approximate surface area is 126 Å². The molecule has 0 aliphatic carbocycles. The highest BCUT2D eigenvalue weighted by atomic mass is 32.1. The summed E-state index contributed by atoms with van der Waals surface area (Å²) in [5.74, 6) is 0. The van der Waals surface area contributed by atoms with E-state index in [0.29, 0.717) is 5.11 Å². The first-order chi connectivity index (χ1) is 9.79. The normalized spacial score (nSPS) is 15.3. The number of benzene rings is 1. The summed E-state index contributed by atoms with van der Waals surface area (Å²) in [6.45, 7) is 5.14. The smallest absolute Gasteiger partial charge is 0.186 e. The van der Waals surface area contributed by atoms with E-state index in [-0.39, 0.29) is 0 Å². The molecule has 0 spiro atoms. The minimum atomic E-state index is 0.550. The average molecular weight is 290 g/mol. The summed E-state index contributed by atoms with van der Waals surface area (Å²) in [7, 11) is 0. The molecule has 5 heteroatoms. The van der Waals surface area contributed by atoms with E-state index in [1.165, 1.54) is 38.0 Å². The molecule has 0 amide bonds. The molecular formula is C15H22N4S. The fourth-order valence-electron chi connectivity index (χ4n) is 2.29. The third-order valence-corrected chi connectivity index (χ3v) is 3.57. The molecule has 1 aliphatic rings. The topological polar surface area (TPSA) is 39.7 Å². The Morgan fingerprint density at radius 2 is 1.95 bits per heavy atom. The van der Waals surface area contributed by atoms with E-state index >= 15 is 0 Å². The van der Waals surface area contributed by atoms with Crippen LogP contribution in [-0.4, -0.2) is 31.0 Å². The molecule has 0 atom stereocenters. The number of thiocarbonyl (C=S) groups is 1. The van der Waals surface area contributed by atoms with Crippen LogP contribution in [0.15, 0.2) is 29.4 Å². The van der Waals surface area contributed by atoms with Crippen molar-refractivity contribution in [1.29, 1.82) is 0 Å². The summed E-state index contributed by atoms with van der Waals surface area (Å²) >= 11 is 5.03. The van der Waals surface area contributed by atoms with Gasteiger partial charge in [-0.15, -0.1) is 0 Å². The maximum absolute atomic E-state index is 5.03. The Kier molecular flexibility index (Phi) is 5.80. The van der Waals surface area contributed by atoms with Gasteiger partial charge in [0, 0.05) is 25.3 Å². The maximum atomic E-state index is 5.03. The largest absolute Gasteiger partial charge is 0.372 e. The molecule has 1 heterocycles. The fourth-order valence-corrected chi connectivity index (χ4v) is 2.49. The number of rotatable bonds is 4. The van der Waals surface area contributed by atoms with Gasteiger partial charge in [-0.3, -0.25) is 5.43 Å². The van der Waals surface area contributed by atoms with Gasteiger partial charge >= 0.3 is 0 Å². The number of anilines is 1. The van der Waals surface area contributed by atoms with E-state index in [1.807, 2.05) is 6.92 Å². The van der Waals surface area contributed by atoms with Crippen molar-refractivity contribution in [3.05, 3.63) is 29.8 Å². The van der Waals surface area contributed by atoms with Crippen LogP contribution in [0.3, 0.4) is 0 Å². The molecule has 0 aromatic heterocycles. The van der Waals surface area contributed by atoms with E-state index in [0.717, 1.165) is 12.1 Å². The lowest BCUT2D eigenvalue weighted by atomic mass is 10.1. The van der Waals surface area contributed by atoms with Crippen molar-refractivity contribution in [3.8, 4) is 0 Å². The molecule has 0 unspecified atom stereocenters. The minimum absolute atomic E-state index is 0.550. The van der Waals surface area contributed by atoms with Crippen molar-refractivity contribution >= 4 is 29.2 Å². The van der Waals surface area contributed by atoms with E-state index in [9.17, 15) is 0 Å². The van der Waals surface area contributed by atoms with Gasteiger partial charge in [0.2, 0.25) is 0 Å². The van der Waals surface area contributed by atoms with Crippen LogP contribution in [0.2, 0.25) is 0 Å². The minimum Gasteiger partial charge on any atom is -0.372 e. The van der Waals surface area contributed by atoms with Gasteiger partial charge in [0.05, 0.1) is 6.21 Å². The quantitative estimate of drug-likeness (QED) is 0.508. The van der Waals surface area contributed by atoms with Crippen LogP contribution >= 0.6 is 12.2 Å². The number of hydrazone groups is 1. The Hall–Kier alpha value is -1.62. The lowest BCUT2D eigenvalue weighted by molar-refractivity contribution is 0.578. The number of nitrogens with one attached hydrogen (secondary N) is 2. The molecule has 4 nitrogen and oxygen atoms in total. The zero-order chi connectivity index (χ0) is 14.2. The molecule has 1 saturated heterocycles. The van der Waals surface area contributed by atoms with Crippen molar-refractivity contribution in [2.45, 2.75) is 26.2 Å². The predicted molar refractivity (Wildman–Crippen MR) is 89.5 cm³/mol. The highest BCUT2D eigenvalue weighted by Crippen LogP contribution is 2.19. The Morgan fingerprint density at radius 3 is 2.60 bits per heavy atom. The lowest BCUT2D eigenvalue weighted by Gasteiger charge is -2.28. The molecule has 1 aromatic carbocycles. The highest BCUT2D eigenvalue weighted by Gasteiger charge is 2.09. The van der Waals surface area contributed by atoms with Crippen LogP contribution in [-0.2, 0) is 0 Å². The molecule has 2 N–H and O–H groups in total. The summed E-state index contributed by atoms with van der Waals surface area (Å²) in [5.41, 5.74) is 5.16. The first-order valence-corrected chi connectivity index (χ1v) is 7.62. The monoisotopic (exact) mass is 290 g/mol. The molecule has 1 aliphatic heterocycles. The summed E-state index contributed by atoms with van der Waals surface area (Å²) in [6, 6.07) is 8.50. The first-order valence-electron chi connectivity index (χ1n) is 7.21. The molecule has 2 rings (SSSR count). The van der Waals surface area contributed by atoms with E-state index < -0.39 is 0 Å². The van der Waals surface area contributed by atoms with Gasteiger partial charge in [-0.2, -0.15) is 5.10 Å². The second-order valence-corrected chi connectivity index (χ2v) is 5.28. The molecule has 20 heavy (non-hydrogen) atoms. The number of hydrogen-bond donors (Lipinski definition) is 2. The van der Waals surface area contributed by atoms with Gasteiger partial charge in [0.1, 0.15) is 0 Å². The summed E-state index contributed by atoms with van der Waals surface area (Å²) in [5, 5.41) is 7.64. The standard InChI is InChI=1S/C15H22N4S/c1-2-16-15(20)18-17-12-13-6-8-14(9-7-13)19-10-4-3-5-11-19/h6-9,12H,2-5,10-11H2,1H3,(H2,16,18,20). The first kappa shape index (κ1) is 14.8. The summed E-state index contributed by atoms with van der Waals surface area (Å²) < 4.78 is 0. The van der Waals surface area contributed by atoms with Crippen molar-refractivity contribution in [2.24, 2.45) is 5.10 Å². The van der Waals surface area contributed by atoms with Crippen molar-refractivity contribution in [2.75, 3.05) is 24.5 Å². The van der Waals surface area contributed by atoms with Crippen LogP contribution in [0.4, 0.5) is 5.69 Å². The third kappa shape index (κ3) is 4.49. The van der Waals surface area contributed by atoms with Gasteiger partial charge in [-0.05, 0) is 56.1 Å². The zero-order valence-electron chi connectivity index (χ0n) is 11.9. The lowest BCUT2D eigenvalue weighted by Crippen LogP contribution is -2.31. The zero-order valence-corrected chi connectivity index (χ0v) is 12.7. The summed E-state index contributed by atoms with van der Waals surface area (Å²) in [4.78, 5) is 2.45. The second kappa shape index (κ2) is 7.85. The van der Waals surface area contributed by atoms with Gasteiger partial charge in [0.15, 0.2) is 5.11 Å². The molecule has 0 bridgehead atoms. The number of piperidine rings is 1. The Balaban J connectivity index is 1.87. The van der Waals surface area contributed by atoms with Crippen LogP contribution in [0.25, 0.3) is 0 Å². The predicted octanol–water partition coefficient (Wildman–Crippen LogP) is 2.49. The van der Waals surface area contributed by atoms with Crippen LogP contribution in [0.1, 0.15) is 31.7 Å². The maximum Gasteiger partial charge on any atom is 0.186 e. The number of hydrogen-bond acceptors (Lipinski definition) is 3. The van der Waals surface area contributed by atoms with Crippen LogP contribution in [0, 0.1) is 0 Å². The Morgan fingerprint density at radius 1 is 1.25 bits per heavy atom. The van der Waals surface area contributed by atoms with Crippen LogP contribution in [0.5, 0.6) is 0 Å². The van der Waals surface area contributed by atoms with Gasteiger partial charge in [0.25, 0.3) is 0 Å². The Bertz CT molecular complexity index is 449. The third-order valence-electron chi connectivity index (χ3n) is 3.33. The van der Waals surface area contributed by atoms with Gasteiger partial charge in [-0.25, -0.2) is 0 Å². The van der Waals surface area contributed by atoms with Crippen molar-refractivity contribution in [3.63, 3.8) is 0 Å². The van der Waals surface area contributed by atoms with Crippen LogP contribution < -0.4 is 15.6 Å². The molecule has 108 valence electrons. The molecule has 1 fully saturated rings. The SMILES string of the molecule is CCNC(=S)NN=Cc1ccc(N2CCCCC2)cc1.